The molecule has 0 saturated carbocycles. The Morgan fingerprint density at radius 2 is 1.77 bits per heavy atom. The van der Waals surface area contributed by atoms with Gasteiger partial charge in [0, 0.05) is 12.2 Å². The largest absolute Gasteiger partial charge is 0.418 e. The molecule has 0 unspecified atom stereocenters. The van der Waals surface area contributed by atoms with Gasteiger partial charge in [-0.05, 0) is 29.8 Å². The Morgan fingerprint density at radius 1 is 1.08 bits per heavy atom. The summed E-state index contributed by atoms with van der Waals surface area (Å²) < 4.78 is 63.4. The lowest BCUT2D eigenvalue weighted by molar-refractivity contribution is -0.136. The summed E-state index contributed by atoms with van der Waals surface area (Å²) in [6, 6.07) is 10.1. The Labute approximate surface area is 148 Å². The van der Waals surface area contributed by atoms with Gasteiger partial charge in [0.1, 0.15) is 0 Å². The fourth-order valence-electron chi connectivity index (χ4n) is 2.15. The lowest BCUT2D eigenvalue weighted by atomic mass is 10.1. The molecule has 26 heavy (non-hydrogen) atoms. The van der Waals surface area contributed by atoms with Crippen LogP contribution in [0.1, 0.15) is 11.1 Å². The van der Waals surface area contributed by atoms with Crippen molar-refractivity contribution in [2.75, 3.05) is 16.3 Å². The van der Waals surface area contributed by atoms with Crippen molar-refractivity contribution in [2.45, 2.75) is 12.7 Å². The minimum absolute atomic E-state index is 0.000694. The number of carbonyl (C=O) groups excluding carboxylic acids is 1. The minimum Gasteiger partial charge on any atom is -0.334 e. The monoisotopic (exact) mass is 387 g/mol. The molecule has 10 heteroatoms. The second-order valence-corrected chi connectivity index (χ2v) is 7.17. The van der Waals surface area contributed by atoms with Crippen LogP contribution in [0, 0.1) is 0 Å². The third kappa shape index (κ3) is 5.96. The van der Waals surface area contributed by atoms with Gasteiger partial charge in [0.2, 0.25) is 10.0 Å². The lowest BCUT2D eigenvalue weighted by Gasteiger charge is -2.14. The van der Waals surface area contributed by atoms with Gasteiger partial charge in [-0.2, -0.15) is 13.2 Å². The summed E-state index contributed by atoms with van der Waals surface area (Å²) in [6.45, 7) is -0.000694. The molecule has 2 amide bonds. The van der Waals surface area contributed by atoms with Gasteiger partial charge in [0.05, 0.1) is 17.5 Å². The van der Waals surface area contributed by atoms with E-state index < -0.39 is 27.8 Å². The van der Waals surface area contributed by atoms with Crippen molar-refractivity contribution in [2.24, 2.45) is 0 Å². The molecule has 2 aromatic rings. The van der Waals surface area contributed by atoms with E-state index in [0.717, 1.165) is 18.4 Å². The molecule has 6 nitrogen and oxygen atoms in total. The molecular weight excluding hydrogens is 371 g/mol. The number of hydrogen-bond donors (Lipinski definition) is 3. The number of sulfonamides is 1. The predicted octanol–water partition coefficient (Wildman–Crippen LogP) is 3.40. The van der Waals surface area contributed by atoms with Crippen LogP contribution in [-0.2, 0) is 22.7 Å². The van der Waals surface area contributed by atoms with E-state index in [1.54, 1.807) is 12.1 Å². The van der Waals surface area contributed by atoms with Crippen molar-refractivity contribution in [3.05, 3.63) is 59.7 Å². The number of benzene rings is 2. The van der Waals surface area contributed by atoms with Gasteiger partial charge in [-0.3, -0.25) is 4.72 Å². The first-order valence-corrected chi connectivity index (χ1v) is 9.21. The molecule has 0 aliphatic heterocycles. The molecule has 0 spiro atoms. The average molecular weight is 387 g/mol. The van der Waals surface area contributed by atoms with Gasteiger partial charge in [-0.15, -0.1) is 0 Å². The molecule has 0 aliphatic carbocycles. The van der Waals surface area contributed by atoms with E-state index >= 15 is 0 Å². The molecule has 0 radical (unpaired) electrons. The SMILES string of the molecule is CS(=O)(=O)Nc1cccc(CNC(=O)Nc2ccccc2C(F)(F)F)c1. The van der Waals surface area contributed by atoms with Crippen LogP contribution in [0.25, 0.3) is 0 Å². The molecule has 0 saturated heterocycles. The topological polar surface area (TPSA) is 87.3 Å². The quantitative estimate of drug-likeness (QED) is 0.735. The van der Waals surface area contributed by atoms with Crippen LogP contribution in [0.4, 0.5) is 29.3 Å². The first-order chi connectivity index (χ1) is 12.0. The van der Waals surface area contributed by atoms with Crippen LogP contribution in [0.5, 0.6) is 0 Å². The fraction of sp³-hybridized carbons (Fsp3) is 0.188. The molecule has 2 rings (SSSR count). The summed E-state index contributed by atoms with van der Waals surface area (Å²) in [5, 5.41) is 4.58. The van der Waals surface area contributed by atoms with Crippen LogP contribution < -0.4 is 15.4 Å². The molecule has 0 fully saturated rings. The maximum Gasteiger partial charge on any atom is 0.418 e. The highest BCUT2D eigenvalue weighted by atomic mass is 32.2. The van der Waals surface area contributed by atoms with E-state index in [0.29, 0.717) is 11.3 Å². The Morgan fingerprint density at radius 3 is 2.42 bits per heavy atom. The number of alkyl halides is 3. The van der Waals surface area contributed by atoms with Crippen LogP contribution in [-0.4, -0.2) is 20.7 Å². The smallest absolute Gasteiger partial charge is 0.334 e. The Bertz CT molecular complexity index is 899. The summed E-state index contributed by atoms with van der Waals surface area (Å²) in [7, 11) is -3.44. The fourth-order valence-corrected chi connectivity index (χ4v) is 2.70. The first kappa shape index (κ1) is 19.6. The number of halogens is 3. The molecule has 140 valence electrons. The van der Waals surface area contributed by atoms with Gasteiger partial charge in [-0.25, -0.2) is 13.2 Å². The van der Waals surface area contributed by atoms with E-state index in [1.807, 2.05) is 0 Å². The molecule has 3 N–H and O–H groups in total. The van der Waals surface area contributed by atoms with Crippen molar-refractivity contribution >= 4 is 27.4 Å². The maximum atomic E-state index is 12.9. The zero-order valence-electron chi connectivity index (χ0n) is 13.6. The molecule has 0 aromatic heterocycles. The third-order valence-electron chi connectivity index (χ3n) is 3.16. The number of amides is 2. The molecule has 0 heterocycles. The summed E-state index contributed by atoms with van der Waals surface area (Å²) >= 11 is 0. The summed E-state index contributed by atoms with van der Waals surface area (Å²) in [6.07, 6.45) is -3.58. The van der Waals surface area contributed by atoms with E-state index in [9.17, 15) is 26.4 Å². The molecule has 0 atom stereocenters. The van der Waals surface area contributed by atoms with Crippen molar-refractivity contribution in [1.82, 2.24) is 5.32 Å². The van der Waals surface area contributed by atoms with E-state index in [1.165, 1.54) is 24.3 Å². The normalized spacial score (nSPS) is 11.7. The van der Waals surface area contributed by atoms with Crippen LogP contribution >= 0.6 is 0 Å². The summed E-state index contributed by atoms with van der Waals surface area (Å²) in [5.41, 5.74) is -0.424. The van der Waals surface area contributed by atoms with Crippen molar-refractivity contribution in [3.8, 4) is 0 Å². The number of para-hydroxylation sites is 1. The molecular formula is C16H16F3N3O3S. The molecule has 0 aliphatic rings. The highest BCUT2D eigenvalue weighted by Gasteiger charge is 2.33. The summed E-state index contributed by atoms with van der Waals surface area (Å²) in [4.78, 5) is 11.9. The third-order valence-corrected chi connectivity index (χ3v) is 3.77. The average Bonchev–Trinajstić information content (AvgIpc) is 2.51. The zero-order valence-corrected chi connectivity index (χ0v) is 14.4. The Hall–Kier alpha value is -2.75. The van der Waals surface area contributed by atoms with Crippen molar-refractivity contribution in [3.63, 3.8) is 0 Å². The van der Waals surface area contributed by atoms with Crippen molar-refractivity contribution < 1.29 is 26.4 Å². The van der Waals surface area contributed by atoms with Gasteiger partial charge in [0.15, 0.2) is 0 Å². The van der Waals surface area contributed by atoms with Crippen molar-refractivity contribution in [1.29, 1.82) is 0 Å². The number of urea groups is 1. The number of carbonyl (C=O) groups is 1. The maximum absolute atomic E-state index is 12.9. The van der Waals surface area contributed by atoms with Crippen LogP contribution in [0.2, 0.25) is 0 Å². The predicted molar refractivity (Wildman–Crippen MR) is 92.2 cm³/mol. The lowest BCUT2D eigenvalue weighted by Crippen LogP contribution is -2.29. The standard InChI is InChI=1S/C16H16F3N3O3S/c1-26(24,25)22-12-6-4-5-11(9-12)10-20-15(23)21-14-8-3-2-7-13(14)16(17,18)19/h2-9,22H,10H2,1H3,(H2,20,21,23). The van der Waals surface area contributed by atoms with E-state index in [2.05, 4.69) is 15.4 Å². The number of hydrogen-bond acceptors (Lipinski definition) is 3. The van der Waals surface area contributed by atoms with Gasteiger partial charge in [0.25, 0.3) is 0 Å². The highest BCUT2D eigenvalue weighted by molar-refractivity contribution is 7.92. The minimum atomic E-state index is -4.59. The molecule has 0 bridgehead atoms. The highest BCUT2D eigenvalue weighted by Crippen LogP contribution is 2.34. The first-order valence-electron chi connectivity index (χ1n) is 7.32. The van der Waals surface area contributed by atoms with Gasteiger partial charge >= 0.3 is 12.2 Å². The number of rotatable bonds is 5. The van der Waals surface area contributed by atoms with E-state index in [-0.39, 0.29) is 12.2 Å². The second-order valence-electron chi connectivity index (χ2n) is 5.43. The number of anilines is 2. The second kappa shape index (κ2) is 7.65. The van der Waals surface area contributed by atoms with Gasteiger partial charge < -0.3 is 10.6 Å². The number of nitrogens with one attached hydrogen (secondary N) is 3. The van der Waals surface area contributed by atoms with Gasteiger partial charge in [-0.1, -0.05) is 24.3 Å². The van der Waals surface area contributed by atoms with Crippen LogP contribution in [0.3, 0.4) is 0 Å². The molecule has 2 aromatic carbocycles. The van der Waals surface area contributed by atoms with Crippen LogP contribution in [0.15, 0.2) is 48.5 Å². The summed E-state index contributed by atoms with van der Waals surface area (Å²) in [5.74, 6) is 0. The zero-order chi connectivity index (χ0) is 19.4. The Kier molecular flexibility index (Phi) is 5.76. The van der Waals surface area contributed by atoms with E-state index in [4.69, 9.17) is 0 Å². The Balaban J connectivity index is 2.01.